The number of rotatable bonds is 2. The quantitative estimate of drug-likeness (QED) is 0.883. The SMILES string of the molecule is CN(C(=O)c1ccco1)C1CC(C)(C)[NH2+]C(C)(C)C1. The summed E-state index contributed by atoms with van der Waals surface area (Å²) >= 11 is 0. The maximum Gasteiger partial charge on any atom is 0.289 e. The van der Waals surface area contributed by atoms with Crippen LogP contribution in [0.15, 0.2) is 22.8 Å². The van der Waals surface area contributed by atoms with E-state index in [0.29, 0.717) is 5.76 Å². The van der Waals surface area contributed by atoms with Crippen LogP contribution in [0.4, 0.5) is 0 Å². The first-order valence-electron chi connectivity index (χ1n) is 6.88. The molecule has 19 heavy (non-hydrogen) atoms. The Morgan fingerprint density at radius 1 is 1.32 bits per heavy atom. The van der Waals surface area contributed by atoms with Crippen molar-refractivity contribution in [3.63, 3.8) is 0 Å². The molecule has 0 atom stereocenters. The van der Waals surface area contributed by atoms with E-state index in [-0.39, 0.29) is 23.0 Å². The van der Waals surface area contributed by atoms with Gasteiger partial charge in [-0.05, 0) is 39.8 Å². The molecule has 1 aliphatic rings. The van der Waals surface area contributed by atoms with E-state index >= 15 is 0 Å². The zero-order valence-corrected chi connectivity index (χ0v) is 12.6. The van der Waals surface area contributed by atoms with Gasteiger partial charge in [-0.1, -0.05) is 0 Å². The Labute approximate surface area is 115 Å². The normalized spacial score (nSPS) is 22.2. The van der Waals surface area contributed by atoms with Crippen LogP contribution >= 0.6 is 0 Å². The van der Waals surface area contributed by atoms with Crippen LogP contribution < -0.4 is 5.32 Å². The molecule has 0 unspecified atom stereocenters. The first-order chi connectivity index (χ1) is 8.70. The van der Waals surface area contributed by atoms with E-state index < -0.39 is 0 Å². The van der Waals surface area contributed by atoms with Gasteiger partial charge < -0.3 is 14.6 Å². The molecule has 0 radical (unpaired) electrons. The van der Waals surface area contributed by atoms with Crippen LogP contribution in [0.3, 0.4) is 0 Å². The Morgan fingerprint density at radius 2 is 1.89 bits per heavy atom. The van der Waals surface area contributed by atoms with Crippen LogP contribution in [-0.2, 0) is 0 Å². The molecule has 1 aliphatic heterocycles. The molecule has 0 saturated carbocycles. The van der Waals surface area contributed by atoms with Crippen LogP contribution in [-0.4, -0.2) is 35.0 Å². The first-order valence-corrected chi connectivity index (χ1v) is 6.88. The average molecular weight is 265 g/mol. The molecule has 4 heteroatoms. The molecule has 2 rings (SSSR count). The highest BCUT2D eigenvalue weighted by Gasteiger charge is 2.44. The molecule has 0 aromatic carbocycles. The van der Waals surface area contributed by atoms with E-state index in [9.17, 15) is 4.79 Å². The first kappa shape index (κ1) is 14.1. The second-order valence-electron chi connectivity index (χ2n) is 7.08. The third-order valence-corrected chi connectivity index (χ3v) is 3.90. The zero-order valence-electron chi connectivity index (χ0n) is 12.6. The average Bonchev–Trinajstić information content (AvgIpc) is 2.76. The summed E-state index contributed by atoms with van der Waals surface area (Å²) in [5.41, 5.74) is 0.314. The molecular formula is C15H25N2O2+. The van der Waals surface area contributed by atoms with Crippen molar-refractivity contribution >= 4 is 5.91 Å². The molecule has 1 saturated heterocycles. The molecule has 0 aliphatic carbocycles. The summed E-state index contributed by atoms with van der Waals surface area (Å²) in [7, 11) is 1.88. The zero-order chi connectivity index (χ0) is 14.3. The van der Waals surface area contributed by atoms with Crippen molar-refractivity contribution in [3.8, 4) is 0 Å². The third-order valence-electron chi connectivity index (χ3n) is 3.90. The number of piperidine rings is 1. The minimum atomic E-state index is -0.0245. The van der Waals surface area contributed by atoms with Crippen LogP contribution in [0, 0.1) is 0 Å². The maximum absolute atomic E-state index is 12.3. The summed E-state index contributed by atoms with van der Waals surface area (Å²) in [5.74, 6) is 0.399. The number of amides is 1. The van der Waals surface area contributed by atoms with Crippen molar-refractivity contribution in [2.45, 2.75) is 57.7 Å². The van der Waals surface area contributed by atoms with Crippen molar-refractivity contribution in [1.82, 2.24) is 4.90 Å². The number of hydrogen-bond acceptors (Lipinski definition) is 2. The van der Waals surface area contributed by atoms with Gasteiger partial charge in [0.05, 0.1) is 17.3 Å². The van der Waals surface area contributed by atoms with Gasteiger partial charge in [0.25, 0.3) is 5.91 Å². The van der Waals surface area contributed by atoms with Crippen molar-refractivity contribution in [2.24, 2.45) is 0 Å². The molecule has 106 valence electrons. The summed E-state index contributed by atoms with van der Waals surface area (Å²) < 4.78 is 5.21. The number of carbonyl (C=O) groups excluding carboxylic acids is 1. The Hall–Kier alpha value is -1.29. The number of quaternary nitrogens is 1. The van der Waals surface area contributed by atoms with Crippen LogP contribution in [0.5, 0.6) is 0 Å². The largest absolute Gasteiger partial charge is 0.459 e. The number of hydrogen-bond donors (Lipinski definition) is 1. The summed E-state index contributed by atoms with van der Waals surface area (Å²) in [4.78, 5) is 14.2. The van der Waals surface area contributed by atoms with E-state index in [1.54, 1.807) is 18.4 Å². The maximum atomic E-state index is 12.3. The molecular weight excluding hydrogens is 240 g/mol. The predicted molar refractivity (Wildman–Crippen MR) is 73.9 cm³/mol. The molecule has 2 N–H and O–H groups in total. The molecule has 0 spiro atoms. The van der Waals surface area contributed by atoms with E-state index in [2.05, 4.69) is 33.0 Å². The second-order valence-corrected chi connectivity index (χ2v) is 7.08. The highest BCUT2D eigenvalue weighted by atomic mass is 16.3. The molecule has 2 heterocycles. The lowest BCUT2D eigenvalue weighted by Gasteiger charge is -2.45. The topological polar surface area (TPSA) is 50.1 Å². The number of carbonyl (C=O) groups is 1. The van der Waals surface area contributed by atoms with Gasteiger partial charge in [0, 0.05) is 25.9 Å². The Morgan fingerprint density at radius 3 is 2.37 bits per heavy atom. The lowest BCUT2D eigenvalue weighted by molar-refractivity contribution is -0.788. The van der Waals surface area contributed by atoms with E-state index in [0.717, 1.165) is 12.8 Å². The Balaban J connectivity index is 2.14. The highest BCUT2D eigenvalue weighted by Crippen LogP contribution is 2.26. The molecule has 4 nitrogen and oxygen atoms in total. The van der Waals surface area contributed by atoms with Crippen LogP contribution in [0.2, 0.25) is 0 Å². The minimum Gasteiger partial charge on any atom is -0.459 e. The fourth-order valence-corrected chi connectivity index (χ4v) is 3.48. The Bertz CT molecular complexity index is 433. The van der Waals surface area contributed by atoms with Crippen molar-refractivity contribution < 1.29 is 14.5 Å². The fourth-order valence-electron chi connectivity index (χ4n) is 3.48. The molecule has 1 fully saturated rings. The molecule has 1 amide bonds. The van der Waals surface area contributed by atoms with Gasteiger partial charge in [0.1, 0.15) is 0 Å². The van der Waals surface area contributed by atoms with E-state index in [1.165, 1.54) is 0 Å². The second kappa shape index (κ2) is 4.67. The summed E-state index contributed by atoms with van der Waals surface area (Å²) in [6, 6.07) is 3.74. The molecule has 0 bridgehead atoms. The summed E-state index contributed by atoms with van der Waals surface area (Å²) in [6.07, 6.45) is 3.54. The monoisotopic (exact) mass is 265 g/mol. The van der Waals surface area contributed by atoms with Gasteiger partial charge in [0.2, 0.25) is 0 Å². The number of furan rings is 1. The lowest BCUT2D eigenvalue weighted by Crippen LogP contribution is -3.06. The van der Waals surface area contributed by atoms with Gasteiger partial charge >= 0.3 is 0 Å². The number of nitrogens with two attached hydrogens (primary N) is 1. The lowest BCUT2D eigenvalue weighted by atomic mass is 9.79. The fraction of sp³-hybridized carbons (Fsp3) is 0.667. The van der Waals surface area contributed by atoms with Gasteiger partial charge in [-0.15, -0.1) is 0 Å². The third kappa shape index (κ3) is 3.18. The molecule has 1 aromatic heterocycles. The number of nitrogens with zero attached hydrogens (tertiary/aromatic N) is 1. The standard InChI is InChI=1S/C15H24N2O2/c1-14(2)9-11(10-15(3,4)16-14)17(5)13(18)12-7-6-8-19-12/h6-8,11,16H,9-10H2,1-5H3/p+1. The van der Waals surface area contributed by atoms with Gasteiger partial charge in [-0.2, -0.15) is 0 Å². The molecule has 1 aromatic rings. The predicted octanol–water partition coefficient (Wildman–Crippen LogP) is 1.63. The van der Waals surface area contributed by atoms with Crippen LogP contribution in [0.1, 0.15) is 51.1 Å². The Kier molecular flexibility index (Phi) is 3.47. The minimum absolute atomic E-state index is 0.0245. The van der Waals surface area contributed by atoms with Gasteiger partial charge in [-0.3, -0.25) is 4.79 Å². The van der Waals surface area contributed by atoms with Gasteiger partial charge in [0.15, 0.2) is 5.76 Å². The van der Waals surface area contributed by atoms with Crippen molar-refractivity contribution in [1.29, 1.82) is 0 Å². The highest BCUT2D eigenvalue weighted by molar-refractivity contribution is 5.91. The summed E-state index contributed by atoms with van der Waals surface area (Å²) in [5, 5.41) is 2.42. The van der Waals surface area contributed by atoms with E-state index in [1.807, 2.05) is 11.9 Å². The summed E-state index contributed by atoms with van der Waals surface area (Å²) in [6.45, 7) is 8.97. The van der Waals surface area contributed by atoms with Crippen molar-refractivity contribution in [2.75, 3.05) is 7.05 Å². The van der Waals surface area contributed by atoms with E-state index in [4.69, 9.17) is 4.42 Å². The van der Waals surface area contributed by atoms with Gasteiger partial charge in [-0.25, -0.2) is 0 Å². The smallest absolute Gasteiger partial charge is 0.289 e. The van der Waals surface area contributed by atoms with Crippen LogP contribution in [0.25, 0.3) is 0 Å². The van der Waals surface area contributed by atoms with Crippen molar-refractivity contribution in [3.05, 3.63) is 24.2 Å².